The molecular formula is C29H31F3N2O2. The first-order valence-electron chi connectivity index (χ1n) is 12.7. The minimum atomic E-state index is -1.52. The number of hydrogen-bond donors (Lipinski definition) is 1. The van der Waals surface area contributed by atoms with Crippen LogP contribution in [0.2, 0.25) is 0 Å². The molecule has 7 heteroatoms. The summed E-state index contributed by atoms with van der Waals surface area (Å²) >= 11 is 0. The van der Waals surface area contributed by atoms with E-state index in [-0.39, 0.29) is 22.8 Å². The van der Waals surface area contributed by atoms with Gasteiger partial charge in [0.05, 0.1) is 6.10 Å². The smallest absolute Gasteiger partial charge is 0.246 e. The van der Waals surface area contributed by atoms with Crippen LogP contribution in [0.25, 0.3) is 12.2 Å². The molecule has 2 fully saturated rings. The van der Waals surface area contributed by atoms with Gasteiger partial charge in [-0.1, -0.05) is 36.4 Å². The summed E-state index contributed by atoms with van der Waals surface area (Å²) in [5.41, 5.74) is 2.96. The van der Waals surface area contributed by atoms with E-state index in [2.05, 4.69) is 41.3 Å². The van der Waals surface area contributed by atoms with Crippen molar-refractivity contribution >= 4 is 18.1 Å². The zero-order chi connectivity index (χ0) is 25.3. The molecule has 4 nitrogen and oxygen atoms in total. The number of benzene rings is 2. The zero-order valence-corrected chi connectivity index (χ0v) is 20.2. The number of likely N-dealkylation sites (tertiary alicyclic amines) is 2. The molecule has 2 aromatic carbocycles. The third kappa shape index (κ3) is 5.00. The Labute approximate surface area is 209 Å². The lowest BCUT2D eigenvalue weighted by molar-refractivity contribution is -0.128. The van der Waals surface area contributed by atoms with E-state index in [1.165, 1.54) is 23.3 Å². The Kier molecular flexibility index (Phi) is 7.04. The van der Waals surface area contributed by atoms with Crippen LogP contribution in [0.4, 0.5) is 13.2 Å². The van der Waals surface area contributed by atoms with E-state index in [4.69, 9.17) is 0 Å². The number of hydrogen-bond acceptors (Lipinski definition) is 3. The highest BCUT2D eigenvalue weighted by Crippen LogP contribution is 2.43. The molecule has 1 amide bonds. The van der Waals surface area contributed by atoms with E-state index in [1.807, 2.05) is 0 Å². The summed E-state index contributed by atoms with van der Waals surface area (Å²) in [7, 11) is 0. The van der Waals surface area contributed by atoms with Crippen molar-refractivity contribution in [2.75, 3.05) is 32.7 Å². The molecule has 1 unspecified atom stereocenters. The number of β-amino-alcohol motifs (C(OH)–C–C–N with tert-alkyl or cyclic N) is 1. The Balaban J connectivity index is 1.08. The molecule has 2 aliphatic heterocycles. The van der Waals surface area contributed by atoms with Crippen molar-refractivity contribution in [3.63, 3.8) is 0 Å². The van der Waals surface area contributed by atoms with E-state index in [0.717, 1.165) is 38.1 Å². The van der Waals surface area contributed by atoms with Crippen molar-refractivity contribution in [1.29, 1.82) is 0 Å². The maximum absolute atomic E-state index is 13.4. The van der Waals surface area contributed by atoms with Crippen LogP contribution >= 0.6 is 0 Å². The van der Waals surface area contributed by atoms with Crippen molar-refractivity contribution in [3.05, 3.63) is 82.7 Å². The highest BCUT2D eigenvalue weighted by molar-refractivity contribution is 5.91. The van der Waals surface area contributed by atoms with E-state index in [9.17, 15) is 23.1 Å². The molecule has 2 aromatic rings. The van der Waals surface area contributed by atoms with Crippen LogP contribution in [0.15, 0.2) is 48.6 Å². The van der Waals surface area contributed by atoms with Gasteiger partial charge in [0, 0.05) is 31.1 Å². The summed E-state index contributed by atoms with van der Waals surface area (Å²) < 4.78 is 39.8. The largest absolute Gasteiger partial charge is 0.392 e. The minimum absolute atomic E-state index is 0.0879. The lowest BCUT2D eigenvalue weighted by atomic mass is 9.74. The molecule has 1 aliphatic carbocycles. The number of allylic oxidation sites excluding steroid dienone is 1. The van der Waals surface area contributed by atoms with Crippen LogP contribution in [-0.4, -0.2) is 59.6 Å². The lowest BCUT2D eigenvalue weighted by Gasteiger charge is -2.41. The normalized spacial score (nSPS) is 20.8. The summed E-state index contributed by atoms with van der Waals surface area (Å²) in [6.07, 6.45) is 10.2. The molecule has 0 radical (unpaired) electrons. The molecule has 0 bridgehead atoms. The fraction of sp³-hybridized carbons (Fsp3) is 0.414. The second-order valence-corrected chi connectivity index (χ2v) is 10.2. The Morgan fingerprint density at radius 3 is 2.42 bits per heavy atom. The molecule has 3 aliphatic rings. The molecule has 5 rings (SSSR count). The number of carbonyl (C=O) groups is 1. The second-order valence-electron chi connectivity index (χ2n) is 10.2. The van der Waals surface area contributed by atoms with Gasteiger partial charge in [-0.15, -0.1) is 0 Å². The van der Waals surface area contributed by atoms with Gasteiger partial charge in [0.25, 0.3) is 0 Å². The molecule has 190 valence electrons. The van der Waals surface area contributed by atoms with Gasteiger partial charge in [0.15, 0.2) is 17.5 Å². The Morgan fingerprint density at radius 1 is 1.06 bits per heavy atom. The van der Waals surface area contributed by atoms with E-state index in [1.54, 1.807) is 4.90 Å². The van der Waals surface area contributed by atoms with E-state index >= 15 is 0 Å². The number of amides is 1. The molecule has 2 saturated heterocycles. The topological polar surface area (TPSA) is 43.8 Å². The third-order valence-corrected chi connectivity index (χ3v) is 8.09. The second kappa shape index (κ2) is 10.2. The molecule has 0 aromatic heterocycles. The fourth-order valence-corrected chi connectivity index (χ4v) is 5.87. The average molecular weight is 497 g/mol. The Bertz CT molecular complexity index is 1160. The number of piperidine rings is 2. The predicted molar refractivity (Wildman–Crippen MR) is 133 cm³/mol. The number of fused-ring (bicyclic) bond motifs is 2. The summed E-state index contributed by atoms with van der Waals surface area (Å²) in [5.74, 6) is -4.24. The third-order valence-electron chi connectivity index (χ3n) is 8.09. The standard InChI is InChI=1S/C29H31F3N2O2/c30-24-17-20(18-25(31)28(24)32)5-6-27(36)34-13-8-22(9-14-34)26(35)19-33-15-11-29(12-16-33)10-7-21-3-1-2-4-23(21)29/h1-7,10,17-18,22,26,35H,8-9,11-16,19H2/b6-5+. The molecule has 36 heavy (non-hydrogen) atoms. The summed E-state index contributed by atoms with van der Waals surface area (Å²) in [6, 6.07) is 10.3. The van der Waals surface area contributed by atoms with Crippen molar-refractivity contribution in [3.8, 4) is 0 Å². The summed E-state index contributed by atoms with van der Waals surface area (Å²) in [6.45, 7) is 3.57. The first-order chi connectivity index (χ1) is 17.3. The SMILES string of the molecule is O=C(/C=C/c1cc(F)c(F)c(F)c1)N1CCC(C(O)CN2CCC3(C=Cc4ccccc43)CC2)CC1. The first-order valence-corrected chi connectivity index (χ1v) is 12.7. The van der Waals surface area contributed by atoms with Gasteiger partial charge in [0.2, 0.25) is 5.91 Å². The maximum Gasteiger partial charge on any atom is 0.246 e. The van der Waals surface area contributed by atoms with Crippen LogP contribution in [0.5, 0.6) is 0 Å². The van der Waals surface area contributed by atoms with E-state index in [0.29, 0.717) is 32.5 Å². The minimum Gasteiger partial charge on any atom is -0.392 e. The lowest BCUT2D eigenvalue weighted by Crippen LogP contribution is -2.47. The number of halogens is 3. The monoisotopic (exact) mass is 496 g/mol. The molecule has 1 atom stereocenters. The van der Waals surface area contributed by atoms with Crippen LogP contribution < -0.4 is 0 Å². The number of aliphatic hydroxyl groups is 1. The Hall–Kier alpha value is -2.90. The molecule has 2 heterocycles. The number of aliphatic hydroxyl groups excluding tert-OH is 1. The van der Waals surface area contributed by atoms with Crippen molar-refractivity contribution in [2.45, 2.75) is 37.2 Å². The quantitative estimate of drug-likeness (QED) is 0.479. The maximum atomic E-state index is 13.4. The number of carbonyl (C=O) groups excluding carboxylic acids is 1. The summed E-state index contributed by atoms with van der Waals surface area (Å²) in [5, 5.41) is 10.9. The van der Waals surface area contributed by atoms with Crippen LogP contribution in [-0.2, 0) is 10.2 Å². The molecule has 1 N–H and O–H groups in total. The van der Waals surface area contributed by atoms with Crippen molar-refractivity contribution in [1.82, 2.24) is 9.80 Å². The van der Waals surface area contributed by atoms with Crippen molar-refractivity contribution in [2.24, 2.45) is 5.92 Å². The first kappa shape index (κ1) is 24.8. The molecule has 1 spiro atoms. The van der Waals surface area contributed by atoms with Gasteiger partial charge < -0.3 is 14.9 Å². The highest BCUT2D eigenvalue weighted by atomic mass is 19.2. The Morgan fingerprint density at radius 2 is 1.72 bits per heavy atom. The zero-order valence-electron chi connectivity index (χ0n) is 20.2. The van der Waals surface area contributed by atoms with Crippen LogP contribution in [0, 0.1) is 23.4 Å². The summed E-state index contributed by atoms with van der Waals surface area (Å²) in [4.78, 5) is 16.5. The predicted octanol–water partition coefficient (Wildman–Crippen LogP) is 4.78. The molecular weight excluding hydrogens is 465 g/mol. The average Bonchev–Trinajstić information content (AvgIpc) is 3.25. The van der Waals surface area contributed by atoms with E-state index < -0.39 is 23.6 Å². The van der Waals surface area contributed by atoms with Crippen molar-refractivity contribution < 1.29 is 23.1 Å². The fourth-order valence-electron chi connectivity index (χ4n) is 5.87. The van der Waals surface area contributed by atoms with Crippen LogP contribution in [0.3, 0.4) is 0 Å². The number of rotatable bonds is 5. The van der Waals surface area contributed by atoms with Gasteiger partial charge in [-0.05, 0) is 79.6 Å². The van der Waals surface area contributed by atoms with Gasteiger partial charge in [-0.25, -0.2) is 13.2 Å². The highest BCUT2D eigenvalue weighted by Gasteiger charge is 2.38. The molecule has 0 saturated carbocycles. The van der Waals surface area contributed by atoms with Gasteiger partial charge >= 0.3 is 0 Å². The van der Waals surface area contributed by atoms with Gasteiger partial charge in [-0.2, -0.15) is 0 Å². The number of nitrogens with zero attached hydrogens (tertiary/aromatic N) is 2. The van der Waals surface area contributed by atoms with Crippen LogP contribution in [0.1, 0.15) is 42.4 Å². The van der Waals surface area contributed by atoms with Gasteiger partial charge in [-0.3, -0.25) is 4.79 Å². The van der Waals surface area contributed by atoms with Gasteiger partial charge in [0.1, 0.15) is 0 Å².